The predicted molar refractivity (Wildman–Crippen MR) is 110 cm³/mol. The number of ketones is 1. The van der Waals surface area contributed by atoms with Gasteiger partial charge in [-0.1, -0.05) is 12.1 Å². The molecule has 1 aliphatic heterocycles. The van der Waals surface area contributed by atoms with E-state index < -0.39 is 5.60 Å². The molecule has 0 saturated carbocycles. The second kappa shape index (κ2) is 7.80. The van der Waals surface area contributed by atoms with Crippen molar-refractivity contribution in [2.75, 3.05) is 21.3 Å². The molecule has 5 heteroatoms. The van der Waals surface area contributed by atoms with Crippen LogP contribution in [0.1, 0.15) is 35.3 Å². The van der Waals surface area contributed by atoms with Crippen LogP contribution >= 0.6 is 0 Å². The minimum Gasteiger partial charge on any atom is -0.495 e. The maximum Gasteiger partial charge on any atom is 0.189 e. The molecule has 0 unspecified atom stereocenters. The molecular weight excluding hydrogens is 356 g/mol. The Labute approximate surface area is 165 Å². The molecule has 0 bridgehead atoms. The first kappa shape index (κ1) is 19.5. The first-order valence-electron chi connectivity index (χ1n) is 8.92. The molecule has 0 N–H and O–H groups in total. The van der Waals surface area contributed by atoms with Crippen molar-refractivity contribution in [1.29, 1.82) is 0 Å². The summed E-state index contributed by atoms with van der Waals surface area (Å²) in [5.74, 6) is 2.29. The zero-order valence-corrected chi connectivity index (χ0v) is 16.7. The van der Waals surface area contributed by atoms with Crippen molar-refractivity contribution in [1.82, 2.24) is 0 Å². The van der Waals surface area contributed by atoms with Crippen LogP contribution in [0.4, 0.5) is 0 Å². The molecule has 0 amide bonds. The number of methoxy groups -OCH3 is 3. The molecule has 0 saturated heterocycles. The fraction of sp³-hybridized carbons (Fsp3) is 0.261. The van der Waals surface area contributed by atoms with Gasteiger partial charge in [-0.2, -0.15) is 0 Å². The van der Waals surface area contributed by atoms with Crippen LogP contribution in [0.3, 0.4) is 0 Å². The molecule has 0 fully saturated rings. The number of ether oxygens (including phenoxy) is 4. The quantitative estimate of drug-likeness (QED) is 0.533. The number of carbonyl (C=O) groups excluding carboxylic acids is 1. The van der Waals surface area contributed by atoms with Crippen LogP contribution in [0.2, 0.25) is 0 Å². The number of carbonyl (C=O) groups is 1. The Kier molecular flexibility index (Phi) is 5.45. The van der Waals surface area contributed by atoms with Gasteiger partial charge >= 0.3 is 0 Å². The van der Waals surface area contributed by atoms with Crippen molar-refractivity contribution in [2.24, 2.45) is 0 Å². The van der Waals surface area contributed by atoms with Crippen LogP contribution in [-0.4, -0.2) is 32.7 Å². The van der Waals surface area contributed by atoms with Crippen LogP contribution in [0.15, 0.2) is 42.5 Å². The minimum absolute atomic E-state index is 0.160. The molecule has 0 radical (unpaired) electrons. The Bertz CT molecular complexity index is 954. The summed E-state index contributed by atoms with van der Waals surface area (Å²) in [6.07, 6.45) is 7.14. The number of fused-ring (bicyclic) bond motifs is 1. The predicted octanol–water partition coefficient (Wildman–Crippen LogP) is 4.79. The number of hydrogen-bond donors (Lipinski definition) is 0. The lowest BCUT2D eigenvalue weighted by Gasteiger charge is -2.29. The monoisotopic (exact) mass is 380 g/mol. The topological polar surface area (TPSA) is 54.0 Å². The van der Waals surface area contributed by atoms with Gasteiger partial charge in [0.05, 0.1) is 32.5 Å². The van der Waals surface area contributed by atoms with Crippen LogP contribution in [0.25, 0.3) is 12.2 Å². The molecule has 0 atom stereocenters. The Morgan fingerprint density at radius 2 is 1.75 bits per heavy atom. The van der Waals surface area contributed by atoms with E-state index in [4.69, 9.17) is 18.9 Å². The van der Waals surface area contributed by atoms with E-state index in [9.17, 15) is 4.79 Å². The number of allylic oxidation sites excluding steroid dienone is 1. The number of hydrogen-bond acceptors (Lipinski definition) is 5. The summed E-state index contributed by atoms with van der Waals surface area (Å²) in [4.78, 5) is 12.8. The molecule has 146 valence electrons. The molecule has 2 aromatic carbocycles. The van der Waals surface area contributed by atoms with Gasteiger partial charge in [0, 0.05) is 0 Å². The van der Waals surface area contributed by atoms with E-state index in [1.54, 1.807) is 45.6 Å². The standard InChI is InChI=1S/C23H24O5/c1-23(2)13-12-17-19(28-23)11-8-16(22(17)27-5)18(24)9-6-15-7-10-20(25-3)21(14-15)26-4/h6-14H,1-5H3/b9-6+. The maximum absolute atomic E-state index is 12.8. The van der Waals surface area contributed by atoms with Gasteiger partial charge in [0.2, 0.25) is 0 Å². The second-order valence-corrected chi connectivity index (χ2v) is 6.91. The summed E-state index contributed by atoms with van der Waals surface area (Å²) < 4.78 is 22.0. The molecule has 3 rings (SSSR count). The third kappa shape index (κ3) is 3.88. The largest absolute Gasteiger partial charge is 0.495 e. The van der Waals surface area contributed by atoms with E-state index in [-0.39, 0.29) is 5.78 Å². The Hall–Kier alpha value is -3.21. The van der Waals surface area contributed by atoms with Crippen LogP contribution in [0, 0.1) is 0 Å². The van der Waals surface area contributed by atoms with Gasteiger partial charge in [0.25, 0.3) is 0 Å². The van der Waals surface area contributed by atoms with Crippen LogP contribution in [-0.2, 0) is 0 Å². The molecule has 5 nitrogen and oxygen atoms in total. The van der Waals surface area contributed by atoms with Gasteiger partial charge < -0.3 is 18.9 Å². The summed E-state index contributed by atoms with van der Waals surface area (Å²) in [5.41, 5.74) is 1.68. The molecule has 2 aromatic rings. The zero-order chi connectivity index (χ0) is 20.3. The average molecular weight is 380 g/mol. The second-order valence-electron chi connectivity index (χ2n) is 6.91. The van der Waals surface area contributed by atoms with Crippen LogP contribution < -0.4 is 18.9 Å². The smallest absolute Gasteiger partial charge is 0.189 e. The molecule has 0 spiro atoms. The fourth-order valence-corrected chi connectivity index (χ4v) is 3.06. The maximum atomic E-state index is 12.8. The third-order valence-corrected chi connectivity index (χ3v) is 4.48. The third-order valence-electron chi connectivity index (χ3n) is 4.48. The fourth-order valence-electron chi connectivity index (χ4n) is 3.06. The molecular formula is C23H24O5. The highest BCUT2D eigenvalue weighted by atomic mass is 16.5. The van der Waals surface area contributed by atoms with E-state index in [0.29, 0.717) is 28.6 Å². The molecule has 0 aromatic heterocycles. The summed E-state index contributed by atoms with van der Waals surface area (Å²) in [7, 11) is 4.71. The van der Waals surface area contributed by atoms with Crippen LogP contribution in [0.5, 0.6) is 23.0 Å². The lowest BCUT2D eigenvalue weighted by Crippen LogP contribution is -2.27. The van der Waals surface area contributed by atoms with Gasteiger partial charge in [-0.05, 0) is 61.9 Å². The van der Waals surface area contributed by atoms with E-state index in [0.717, 1.165) is 11.1 Å². The van der Waals surface area contributed by atoms with Crippen molar-refractivity contribution in [3.05, 3.63) is 59.2 Å². The van der Waals surface area contributed by atoms with E-state index in [2.05, 4.69) is 0 Å². The first-order valence-corrected chi connectivity index (χ1v) is 8.92. The lowest BCUT2D eigenvalue weighted by atomic mass is 9.98. The molecule has 0 aliphatic carbocycles. The van der Waals surface area contributed by atoms with Gasteiger partial charge in [0.15, 0.2) is 17.3 Å². The average Bonchev–Trinajstić information content (AvgIpc) is 2.69. The number of rotatable bonds is 6. The molecule has 28 heavy (non-hydrogen) atoms. The normalized spacial score (nSPS) is 14.3. The highest BCUT2D eigenvalue weighted by Gasteiger charge is 2.26. The van der Waals surface area contributed by atoms with E-state index >= 15 is 0 Å². The van der Waals surface area contributed by atoms with Crippen molar-refractivity contribution in [3.63, 3.8) is 0 Å². The van der Waals surface area contributed by atoms with E-state index in [1.807, 2.05) is 38.1 Å². The summed E-state index contributed by atoms with van der Waals surface area (Å²) in [6.45, 7) is 3.95. The van der Waals surface area contributed by atoms with Gasteiger partial charge in [-0.15, -0.1) is 0 Å². The minimum atomic E-state index is -0.392. The Morgan fingerprint density at radius 1 is 1.00 bits per heavy atom. The van der Waals surface area contributed by atoms with Crippen molar-refractivity contribution in [2.45, 2.75) is 19.4 Å². The highest BCUT2D eigenvalue weighted by molar-refractivity contribution is 6.09. The molecule has 1 aliphatic rings. The Morgan fingerprint density at radius 3 is 2.43 bits per heavy atom. The lowest BCUT2D eigenvalue weighted by molar-refractivity contribution is 0.104. The van der Waals surface area contributed by atoms with Crippen molar-refractivity contribution < 1.29 is 23.7 Å². The van der Waals surface area contributed by atoms with Gasteiger partial charge in [0.1, 0.15) is 17.1 Å². The summed E-state index contributed by atoms with van der Waals surface area (Å²) in [6, 6.07) is 9.00. The molecule has 1 heterocycles. The Balaban J connectivity index is 1.90. The highest BCUT2D eigenvalue weighted by Crippen LogP contribution is 2.39. The summed E-state index contributed by atoms with van der Waals surface area (Å²) >= 11 is 0. The SMILES string of the molecule is COc1ccc(/C=C/C(=O)c2ccc3c(c2OC)C=CC(C)(C)O3)cc1OC. The number of benzene rings is 2. The first-order chi connectivity index (χ1) is 13.4. The van der Waals surface area contributed by atoms with Gasteiger partial charge in [-0.3, -0.25) is 4.79 Å². The van der Waals surface area contributed by atoms with Gasteiger partial charge in [-0.25, -0.2) is 0 Å². The van der Waals surface area contributed by atoms with Crippen molar-refractivity contribution >= 4 is 17.9 Å². The van der Waals surface area contributed by atoms with Crippen molar-refractivity contribution in [3.8, 4) is 23.0 Å². The van der Waals surface area contributed by atoms with E-state index in [1.165, 1.54) is 6.08 Å². The summed E-state index contributed by atoms with van der Waals surface area (Å²) in [5, 5.41) is 0. The zero-order valence-electron chi connectivity index (χ0n) is 16.7.